The molecule has 0 aliphatic carbocycles. The predicted molar refractivity (Wildman–Crippen MR) is 68.6 cm³/mol. The molecule has 0 fully saturated rings. The van der Waals surface area contributed by atoms with Crippen molar-refractivity contribution in [3.63, 3.8) is 0 Å². The minimum absolute atomic E-state index is 0.557. The zero-order valence-electron chi connectivity index (χ0n) is 10.2. The Morgan fingerprint density at radius 1 is 1.40 bits per heavy atom. The van der Waals surface area contributed by atoms with Gasteiger partial charge < -0.3 is 10.2 Å². The van der Waals surface area contributed by atoms with E-state index >= 15 is 0 Å². The topological polar surface area (TPSA) is 15.3 Å². The van der Waals surface area contributed by atoms with Crippen LogP contribution >= 0.6 is 11.3 Å². The van der Waals surface area contributed by atoms with E-state index in [0.717, 1.165) is 13.0 Å². The number of rotatable bonds is 6. The Hall–Kier alpha value is -0.380. The molecule has 0 bridgehead atoms. The zero-order valence-corrected chi connectivity index (χ0v) is 11.0. The van der Waals surface area contributed by atoms with Gasteiger partial charge in [0.05, 0.1) is 0 Å². The summed E-state index contributed by atoms with van der Waals surface area (Å²) in [6, 6.07) is 3.36. The summed E-state index contributed by atoms with van der Waals surface area (Å²) < 4.78 is 0. The summed E-state index contributed by atoms with van der Waals surface area (Å²) in [4.78, 5) is 2.24. The normalized spacial score (nSPS) is 15.5. The van der Waals surface area contributed by atoms with Gasteiger partial charge in [-0.2, -0.15) is 11.3 Å². The lowest BCUT2D eigenvalue weighted by Crippen LogP contribution is -2.39. The highest BCUT2D eigenvalue weighted by Gasteiger charge is 2.07. The van der Waals surface area contributed by atoms with Crippen LogP contribution in [0.15, 0.2) is 16.8 Å². The summed E-state index contributed by atoms with van der Waals surface area (Å²) in [6.07, 6.45) is 1.13. The van der Waals surface area contributed by atoms with Gasteiger partial charge in [-0.25, -0.2) is 0 Å². The van der Waals surface area contributed by atoms with Crippen molar-refractivity contribution < 1.29 is 0 Å². The minimum atomic E-state index is 0.557. The zero-order chi connectivity index (χ0) is 11.3. The maximum Gasteiger partial charge on any atom is 0.0186 e. The summed E-state index contributed by atoms with van der Waals surface area (Å²) in [5.74, 6) is 0. The molecule has 3 heteroatoms. The van der Waals surface area contributed by atoms with Crippen LogP contribution in [-0.2, 0) is 6.42 Å². The van der Waals surface area contributed by atoms with Crippen LogP contribution in [0.2, 0.25) is 0 Å². The second-order valence-corrected chi connectivity index (χ2v) is 5.24. The van der Waals surface area contributed by atoms with Crippen LogP contribution in [0, 0.1) is 0 Å². The molecule has 0 aliphatic heterocycles. The third kappa shape index (κ3) is 4.78. The number of thiophene rings is 1. The van der Waals surface area contributed by atoms with Crippen LogP contribution in [0.4, 0.5) is 0 Å². The SMILES string of the molecule is CC(Cc1ccsc1)NCC(C)N(C)C. The van der Waals surface area contributed by atoms with Gasteiger partial charge in [0.15, 0.2) is 0 Å². The predicted octanol–water partition coefficient (Wildman–Crippen LogP) is 2.22. The molecule has 1 aromatic rings. The average molecular weight is 226 g/mol. The second-order valence-electron chi connectivity index (χ2n) is 4.46. The lowest BCUT2D eigenvalue weighted by atomic mass is 10.1. The lowest BCUT2D eigenvalue weighted by molar-refractivity contribution is 0.295. The van der Waals surface area contributed by atoms with Gasteiger partial charge in [0, 0.05) is 18.6 Å². The first-order valence-electron chi connectivity index (χ1n) is 5.50. The van der Waals surface area contributed by atoms with Crippen LogP contribution in [0.5, 0.6) is 0 Å². The molecule has 2 atom stereocenters. The van der Waals surface area contributed by atoms with Crippen molar-refractivity contribution in [2.24, 2.45) is 0 Å². The van der Waals surface area contributed by atoms with E-state index < -0.39 is 0 Å². The molecule has 0 saturated heterocycles. The van der Waals surface area contributed by atoms with Crippen molar-refractivity contribution in [3.8, 4) is 0 Å². The van der Waals surface area contributed by atoms with Gasteiger partial charge in [-0.3, -0.25) is 0 Å². The maximum atomic E-state index is 3.56. The minimum Gasteiger partial charge on any atom is -0.312 e. The van der Waals surface area contributed by atoms with Crippen LogP contribution < -0.4 is 5.32 Å². The standard InChI is InChI=1S/C12H22N2S/c1-10(7-12-5-6-15-9-12)13-8-11(2)14(3)4/h5-6,9-11,13H,7-8H2,1-4H3. The van der Waals surface area contributed by atoms with Crippen LogP contribution in [0.3, 0.4) is 0 Å². The molecule has 0 aliphatic rings. The van der Waals surface area contributed by atoms with Gasteiger partial charge in [-0.15, -0.1) is 0 Å². The molecule has 1 heterocycles. The van der Waals surface area contributed by atoms with Crippen molar-refractivity contribution in [1.82, 2.24) is 10.2 Å². The van der Waals surface area contributed by atoms with E-state index in [1.165, 1.54) is 5.56 Å². The van der Waals surface area contributed by atoms with Crippen molar-refractivity contribution in [2.75, 3.05) is 20.6 Å². The van der Waals surface area contributed by atoms with Crippen molar-refractivity contribution in [2.45, 2.75) is 32.4 Å². The Morgan fingerprint density at radius 2 is 2.13 bits per heavy atom. The Morgan fingerprint density at radius 3 is 2.67 bits per heavy atom. The molecule has 86 valence electrons. The third-order valence-corrected chi connectivity index (χ3v) is 3.50. The molecular formula is C12H22N2S. The Labute approximate surface area is 97.3 Å². The van der Waals surface area contributed by atoms with E-state index in [0.29, 0.717) is 12.1 Å². The quantitative estimate of drug-likeness (QED) is 0.800. The molecule has 1 rings (SSSR count). The summed E-state index contributed by atoms with van der Waals surface area (Å²) in [5, 5.41) is 7.94. The number of nitrogens with zero attached hydrogens (tertiary/aromatic N) is 1. The van der Waals surface area contributed by atoms with Crippen molar-refractivity contribution in [3.05, 3.63) is 22.4 Å². The van der Waals surface area contributed by atoms with Crippen LogP contribution in [-0.4, -0.2) is 37.6 Å². The molecule has 0 spiro atoms. The molecule has 15 heavy (non-hydrogen) atoms. The Bertz CT molecular complexity index is 257. The van der Waals surface area contributed by atoms with Crippen molar-refractivity contribution in [1.29, 1.82) is 0 Å². The van der Waals surface area contributed by atoms with Crippen molar-refractivity contribution >= 4 is 11.3 Å². The summed E-state index contributed by atoms with van der Waals surface area (Å²) in [7, 11) is 4.24. The second kappa shape index (κ2) is 6.26. The maximum absolute atomic E-state index is 3.56. The molecule has 0 amide bonds. The average Bonchev–Trinajstić information content (AvgIpc) is 2.66. The van der Waals surface area contributed by atoms with Gasteiger partial charge in [-0.05, 0) is 56.8 Å². The fraction of sp³-hybridized carbons (Fsp3) is 0.667. The molecule has 0 radical (unpaired) electrons. The fourth-order valence-electron chi connectivity index (χ4n) is 1.39. The molecule has 2 unspecified atom stereocenters. The molecule has 1 aromatic heterocycles. The van der Waals surface area contributed by atoms with E-state index in [-0.39, 0.29) is 0 Å². The highest BCUT2D eigenvalue weighted by molar-refractivity contribution is 7.07. The smallest absolute Gasteiger partial charge is 0.0186 e. The number of likely N-dealkylation sites (N-methyl/N-ethyl adjacent to an activating group) is 1. The van der Waals surface area contributed by atoms with E-state index in [4.69, 9.17) is 0 Å². The summed E-state index contributed by atoms with van der Waals surface area (Å²) in [5.41, 5.74) is 1.44. The van der Waals surface area contributed by atoms with Gasteiger partial charge in [0.2, 0.25) is 0 Å². The number of nitrogens with one attached hydrogen (secondary N) is 1. The summed E-state index contributed by atoms with van der Waals surface area (Å²) in [6.45, 7) is 5.54. The van der Waals surface area contributed by atoms with Crippen LogP contribution in [0.25, 0.3) is 0 Å². The van der Waals surface area contributed by atoms with Gasteiger partial charge >= 0.3 is 0 Å². The first-order valence-corrected chi connectivity index (χ1v) is 6.44. The molecular weight excluding hydrogens is 204 g/mol. The molecule has 2 nitrogen and oxygen atoms in total. The number of hydrogen-bond acceptors (Lipinski definition) is 3. The molecule has 0 saturated carbocycles. The molecule has 1 N–H and O–H groups in total. The van der Waals surface area contributed by atoms with Gasteiger partial charge in [0.1, 0.15) is 0 Å². The van der Waals surface area contributed by atoms with E-state index in [1.54, 1.807) is 11.3 Å². The first kappa shape index (κ1) is 12.7. The van der Waals surface area contributed by atoms with Crippen LogP contribution in [0.1, 0.15) is 19.4 Å². The monoisotopic (exact) mass is 226 g/mol. The Kier molecular flexibility index (Phi) is 5.29. The lowest BCUT2D eigenvalue weighted by Gasteiger charge is -2.22. The molecule has 0 aromatic carbocycles. The fourth-order valence-corrected chi connectivity index (χ4v) is 2.07. The van der Waals surface area contributed by atoms with E-state index in [2.05, 4.69) is 55.0 Å². The highest BCUT2D eigenvalue weighted by Crippen LogP contribution is 2.08. The number of hydrogen-bond donors (Lipinski definition) is 1. The highest BCUT2D eigenvalue weighted by atomic mass is 32.1. The largest absolute Gasteiger partial charge is 0.312 e. The Balaban J connectivity index is 2.22. The van der Waals surface area contributed by atoms with Gasteiger partial charge in [-0.1, -0.05) is 0 Å². The van der Waals surface area contributed by atoms with E-state index in [1.807, 2.05) is 0 Å². The summed E-state index contributed by atoms with van der Waals surface area (Å²) >= 11 is 1.77. The third-order valence-electron chi connectivity index (χ3n) is 2.77. The van der Waals surface area contributed by atoms with E-state index in [9.17, 15) is 0 Å². The first-order chi connectivity index (χ1) is 7.09. The van der Waals surface area contributed by atoms with Gasteiger partial charge in [0.25, 0.3) is 0 Å².